The molecule has 100 valence electrons. The molecule has 5 heteroatoms. The third-order valence-corrected chi connectivity index (χ3v) is 3.56. The SMILES string of the molecule is CCCC(C)C(=O)N1CCCc2c1n[nH]c2CO. The van der Waals surface area contributed by atoms with Gasteiger partial charge in [0.1, 0.15) is 0 Å². The smallest absolute Gasteiger partial charge is 0.231 e. The van der Waals surface area contributed by atoms with Crippen molar-refractivity contribution in [2.24, 2.45) is 5.92 Å². The van der Waals surface area contributed by atoms with Gasteiger partial charge in [-0.3, -0.25) is 14.8 Å². The first-order valence-corrected chi connectivity index (χ1v) is 6.67. The number of aliphatic hydroxyl groups is 1. The number of H-pyrrole nitrogens is 1. The minimum Gasteiger partial charge on any atom is -0.390 e. The lowest BCUT2D eigenvalue weighted by Gasteiger charge is -2.28. The van der Waals surface area contributed by atoms with Gasteiger partial charge in [0, 0.05) is 18.0 Å². The Morgan fingerprint density at radius 2 is 2.39 bits per heavy atom. The molecule has 0 bridgehead atoms. The Morgan fingerprint density at radius 3 is 3.06 bits per heavy atom. The lowest BCUT2D eigenvalue weighted by Crippen LogP contribution is -2.39. The van der Waals surface area contributed by atoms with E-state index in [-0.39, 0.29) is 18.4 Å². The van der Waals surface area contributed by atoms with Gasteiger partial charge in [0.05, 0.1) is 12.3 Å². The van der Waals surface area contributed by atoms with E-state index in [9.17, 15) is 9.90 Å². The summed E-state index contributed by atoms with van der Waals surface area (Å²) in [7, 11) is 0. The molecule has 2 heterocycles. The molecule has 2 N–H and O–H groups in total. The van der Waals surface area contributed by atoms with Crippen LogP contribution in [0, 0.1) is 5.92 Å². The van der Waals surface area contributed by atoms with Crippen LogP contribution in [0.2, 0.25) is 0 Å². The quantitative estimate of drug-likeness (QED) is 0.854. The molecule has 0 saturated carbocycles. The normalized spacial score (nSPS) is 16.5. The zero-order valence-corrected chi connectivity index (χ0v) is 11.1. The van der Waals surface area contributed by atoms with Crippen molar-refractivity contribution < 1.29 is 9.90 Å². The second kappa shape index (κ2) is 5.52. The average molecular weight is 251 g/mol. The fourth-order valence-corrected chi connectivity index (χ4v) is 2.56. The van der Waals surface area contributed by atoms with Gasteiger partial charge in [0.2, 0.25) is 5.91 Å². The van der Waals surface area contributed by atoms with E-state index in [1.54, 1.807) is 4.90 Å². The number of amides is 1. The first-order chi connectivity index (χ1) is 8.69. The summed E-state index contributed by atoms with van der Waals surface area (Å²) in [5, 5.41) is 16.2. The van der Waals surface area contributed by atoms with Crippen molar-refractivity contribution in [3.8, 4) is 0 Å². The van der Waals surface area contributed by atoms with Crippen LogP contribution < -0.4 is 4.90 Å². The Kier molecular flexibility index (Phi) is 4.01. The summed E-state index contributed by atoms with van der Waals surface area (Å²) < 4.78 is 0. The van der Waals surface area contributed by atoms with E-state index >= 15 is 0 Å². The Bertz CT molecular complexity index is 428. The molecule has 0 aromatic carbocycles. The molecule has 0 saturated heterocycles. The predicted molar refractivity (Wildman–Crippen MR) is 69.3 cm³/mol. The minimum absolute atomic E-state index is 0.0372. The average Bonchev–Trinajstić information content (AvgIpc) is 2.81. The third-order valence-electron chi connectivity index (χ3n) is 3.56. The Hall–Kier alpha value is -1.36. The van der Waals surface area contributed by atoms with Gasteiger partial charge in [-0.05, 0) is 19.3 Å². The highest BCUT2D eigenvalue weighted by Crippen LogP contribution is 2.29. The molecule has 1 atom stereocenters. The summed E-state index contributed by atoms with van der Waals surface area (Å²) in [6.45, 7) is 4.74. The number of fused-ring (bicyclic) bond motifs is 1. The van der Waals surface area contributed by atoms with Crippen molar-refractivity contribution in [3.63, 3.8) is 0 Å². The van der Waals surface area contributed by atoms with Crippen LogP contribution in [-0.4, -0.2) is 27.8 Å². The number of rotatable bonds is 4. The fourth-order valence-electron chi connectivity index (χ4n) is 2.56. The maximum Gasteiger partial charge on any atom is 0.231 e. The second-order valence-electron chi connectivity index (χ2n) is 4.95. The monoisotopic (exact) mass is 251 g/mol. The zero-order chi connectivity index (χ0) is 13.1. The van der Waals surface area contributed by atoms with E-state index in [0.29, 0.717) is 0 Å². The van der Waals surface area contributed by atoms with Crippen LogP contribution in [0.3, 0.4) is 0 Å². The fraction of sp³-hybridized carbons (Fsp3) is 0.692. The van der Waals surface area contributed by atoms with E-state index in [1.165, 1.54) is 0 Å². The molecule has 1 amide bonds. The van der Waals surface area contributed by atoms with Crippen molar-refractivity contribution in [1.82, 2.24) is 10.2 Å². The molecule has 0 radical (unpaired) electrons. The molecule has 1 aliphatic heterocycles. The van der Waals surface area contributed by atoms with Crippen molar-refractivity contribution in [1.29, 1.82) is 0 Å². The molecule has 1 unspecified atom stereocenters. The van der Waals surface area contributed by atoms with Crippen molar-refractivity contribution in [2.45, 2.75) is 46.1 Å². The third kappa shape index (κ3) is 2.27. The van der Waals surface area contributed by atoms with Crippen LogP contribution in [-0.2, 0) is 17.8 Å². The number of aromatic nitrogens is 2. The second-order valence-corrected chi connectivity index (χ2v) is 4.95. The van der Waals surface area contributed by atoms with Crippen LogP contribution >= 0.6 is 0 Å². The molecular formula is C13H21N3O2. The highest BCUT2D eigenvalue weighted by molar-refractivity contribution is 5.95. The van der Waals surface area contributed by atoms with Gasteiger partial charge >= 0.3 is 0 Å². The highest BCUT2D eigenvalue weighted by Gasteiger charge is 2.29. The lowest BCUT2D eigenvalue weighted by atomic mass is 10.0. The number of nitrogens with zero attached hydrogens (tertiary/aromatic N) is 2. The first-order valence-electron chi connectivity index (χ1n) is 6.67. The zero-order valence-electron chi connectivity index (χ0n) is 11.1. The first kappa shape index (κ1) is 13.1. The molecule has 5 nitrogen and oxygen atoms in total. The van der Waals surface area contributed by atoms with Crippen LogP contribution in [0.15, 0.2) is 0 Å². The lowest BCUT2D eigenvalue weighted by molar-refractivity contribution is -0.122. The van der Waals surface area contributed by atoms with Crippen LogP contribution in [0.5, 0.6) is 0 Å². The van der Waals surface area contributed by atoms with Crippen LogP contribution in [0.4, 0.5) is 5.82 Å². The standard InChI is InChI=1S/C13H21N3O2/c1-3-5-9(2)13(18)16-7-4-6-10-11(8-17)14-15-12(10)16/h9,17H,3-8H2,1-2H3,(H,14,15). The number of carbonyl (C=O) groups excluding carboxylic acids is 1. The summed E-state index contributed by atoms with van der Waals surface area (Å²) in [5.74, 6) is 0.905. The number of carbonyl (C=O) groups is 1. The van der Waals surface area contributed by atoms with Gasteiger partial charge in [-0.25, -0.2) is 0 Å². The maximum atomic E-state index is 12.4. The van der Waals surface area contributed by atoms with Crippen molar-refractivity contribution in [2.75, 3.05) is 11.4 Å². The molecule has 1 aromatic rings. The highest BCUT2D eigenvalue weighted by atomic mass is 16.3. The molecular weight excluding hydrogens is 230 g/mol. The molecule has 0 aliphatic carbocycles. The van der Waals surface area contributed by atoms with Crippen molar-refractivity contribution in [3.05, 3.63) is 11.3 Å². The van der Waals surface area contributed by atoms with E-state index in [0.717, 1.165) is 49.3 Å². The van der Waals surface area contributed by atoms with E-state index in [1.807, 2.05) is 6.92 Å². The van der Waals surface area contributed by atoms with Crippen LogP contribution in [0.25, 0.3) is 0 Å². The van der Waals surface area contributed by atoms with E-state index in [4.69, 9.17) is 0 Å². The van der Waals surface area contributed by atoms with Gasteiger partial charge in [0.15, 0.2) is 5.82 Å². The van der Waals surface area contributed by atoms with Crippen molar-refractivity contribution >= 4 is 11.7 Å². The topological polar surface area (TPSA) is 69.2 Å². The summed E-state index contributed by atoms with van der Waals surface area (Å²) in [5.41, 5.74) is 1.74. The Balaban J connectivity index is 2.22. The number of hydrogen-bond donors (Lipinski definition) is 2. The summed E-state index contributed by atoms with van der Waals surface area (Å²) >= 11 is 0. The van der Waals surface area contributed by atoms with Gasteiger partial charge in [-0.15, -0.1) is 0 Å². The molecule has 1 aliphatic rings. The van der Waals surface area contributed by atoms with Gasteiger partial charge < -0.3 is 5.11 Å². The molecule has 0 fully saturated rings. The molecule has 0 spiro atoms. The molecule has 1 aromatic heterocycles. The van der Waals surface area contributed by atoms with E-state index in [2.05, 4.69) is 17.1 Å². The molecule has 2 rings (SSSR count). The number of hydrogen-bond acceptors (Lipinski definition) is 3. The number of nitrogens with one attached hydrogen (secondary N) is 1. The number of aromatic amines is 1. The largest absolute Gasteiger partial charge is 0.390 e. The Labute approximate surface area is 107 Å². The Morgan fingerprint density at radius 1 is 1.61 bits per heavy atom. The summed E-state index contributed by atoms with van der Waals surface area (Å²) in [6.07, 6.45) is 3.73. The summed E-state index contributed by atoms with van der Waals surface area (Å²) in [6, 6.07) is 0. The summed E-state index contributed by atoms with van der Waals surface area (Å²) in [4.78, 5) is 14.1. The van der Waals surface area contributed by atoms with Gasteiger partial charge in [-0.1, -0.05) is 20.3 Å². The number of aliphatic hydroxyl groups excluding tert-OH is 1. The van der Waals surface area contributed by atoms with E-state index < -0.39 is 0 Å². The molecule has 18 heavy (non-hydrogen) atoms. The van der Waals surface area contributed by atoms with Gasteiger partial charge in [0.25, 0.3) is 0 Å². The van der Waals surface area contributed by atoms with Gasteiger partial charge in [-0.2, -0.15) is 5.10 Å². The maximum absolute atomic E-state index is 12.4. The predicted octanol–water partition coefficient (Wildman–Crippen LogP) is 1.62. The minimum atomic E-state index is -0.0467. The van der Waals surface area contributed by atoms with Crippen LogP contribution in [0.1, 0.15) is 44.4 Å². The number of anilines is 1.